The Morgan fingerprint density at radius 1 is 0.960 bits per heavy atom. The van der Waals surface area contributed by atoms with Gasteiger partial charge in [0.1, 0.15) is 11.5 Å². The topological polar surface area (TPSA) is 43.7 Å². The third-order valence-electron chi connectivity index (χ3n) is 5.46. The highest BCUT2D eigenvalue weighted by molar-refractivity contribution is 5.49. The average Bonchev–Trinajstić information content (AvgIpc) is 2.59. The van der Waals surface area contributed by atoms with Gasteiger partial charge in [-0.2, -0.15) is 0 Å². The fraction of sp³-hybridized carbons (Fsp3) is 0.455. The third kappa shape index (κ3) is 3.82. The number of hydrogen-bond donors (Lipinski definition) is 2. The molecule has 0 heterocycles. The Hall–Kier alpha value is -2.00. The molecule has 0 radical (unpaired) electrons. The number of phenolic OH excluding ortho intramolecular Hbond substituents is 2. The first-order valence-corrected chi connectivity index (χ1v) is 9.31. The molecule has 0 amide bonds. The molecule has 0 aliphatic heterocycles. The molecule has 25 heavy (non-hydrogen) atoms. The molecule has 0 fully saturated rings. The molecule has 2 unspecified atom stereocenters. The van der Waals surface area contributed by atoms with Gasteiger partial charge in [-0.1, -0.05) is 43.7 Å². The van der Waals surface area contributed by atoms with E-state index in [4.69, 9.17) is 0 Å². The summed E-state index contributed by atoms with van der Waals surface area (Å²) in [6, 6.07) is 12.4. The average molecular weight is 339 g/mol. The summed E-state index contributed by atoms with van der Waals surface area (Å²) in [5, 5.41) is 20.5. The predicted octanol–water partition coefficient (Wildman–Crippen LogP) is 4.42. The van der Waals surface area contributed by atoms with Crippen LogP contribution in [0.5, 0.6) is 11.5 Å². The van der Waals surface area contributed by atoms with Crippen molar-refractivity contribution in [2.24, 2.45) is 5.92 Å². The molecule has 2 aromatic rings. The van der Waals surface area contributed by atoms with Gasteiger partial charge in [-0.05, 0) is 56.3 Å². The summed E-state index contributed by atoms with van der Waals surface area (Å²) < 4.78 is 0. The highest BCUT2D eigenvalue weighted by Gasteiger charge is 2.32. The van der Waals surface area contributed by atoms with E-state index in [0.717, 1.165) is 43.5 Å². The van der Waals surface area contributed by atoms with Gasteiger partial charge in [-0.25, -0.2) is 0 Å². The number of phenols is 2. The summed E-state index contributed by atoms with van der Waals surface area (Å²) in [6.07, 6.45) is 2.71. The lowest BCUT2D eigenvalue weighted by atomic mass is 9.79. The van der Waals surface area contributed by atoms with Crippen molar-refractivity contribution in [2.75, 3.05) is 6.54 Å². The Morgan fingerprint density at radius 3 is 2.16 bits per heavy atom. The number of nitrogens with zero attached hydrogens (tertiary/aromatic N) is 1. The molecule has 0 spiro atoms. The molecule has 1 aliphatic carbocycles. The Labute approximate surface area is 150 Å². The summed E-state index contributed by atoms with van der Waals surface area (Å²) in [5.41, 5.74) is 4.46. The van der Waals surface area contributed by atoms with E-state index in [1.54, 1.807) is 12.1 Å². The lowest BCUT2D eigenvalue weighted by Crippen LogP contribution is -2.44. The van der Waals surface area contributed by atoms with Gasteiger partial charge in [0.25, 0.3) is 0 Å². The van der Waals surface area contributed by atoms with Crippen molar-refractivity contribution in [3.63, 3.8) is 0 Å². The number of benzene rings is 2. The van der Waals surface area contributed by atoms with Crippen molar-refractivity contribution in [1.29, 1.82) is 0 Å². The van der Waals surface area contributed by atoms with Crippen molar-refractivity contribution in [3.05, 3.63) is 58.7 Å². The van der Waals surface area contributed by atoms with Crippen LogP contribution in [0.15, 0.2) is 36.4 Å². The van der Waals surface area contributed by atoms with Crippen LogP contribution in [0.3, 0.4) is 0 Å². The maximum atomic E-state index is 10.3. The first kappa shape index (κ1) is 17.8. The molecule has 134 valence electrons. The third-order valence-corrected chi connectivity index (χ3v) is 5.46. The van der Waals surface area contributed by atoms with Crippen LogP contribution >= 0.6 is 0 Å². The second kappa shape index (κ2) is 7.49. The number of fused-ring (bicyclic) bond motifs is 1. The van der Waals surface area contributed by atoms with Crippen molar-refractivity contribution in [1.82, 2.24) is 4.90 Å². The van der Waals surface area contributed by atoms with Crippen LogP contribution < -0.4 is 0 Å². The van der Waals surface area contributed by atoms with Gasteiger partial charge in [0, 0.05) is 23.7 Å². The van der Waals surface area contributed by atoms with Gasteiger partial charge in [0.15, 0.2) is 0 Å². The molecule has 2 atom stereocenters. The molecule has 0 saturated carbocycles. The number of rotatable bonds is 5. The SMILES string of the molecule is CCCN(Cc1ccc(C)cc1)C1Cc2c(O)ccc(O)c2CC1C. The molecule has 2 N–H and O–H groups in total. The fourth-order valence-corrected chi connectivity index (χ4v) is 4.06. The fourth-order valence-electron chi connectivity index (χ4n) is 4.06. The minimum absolute atomic E-state index is 0.316. The molecule has 3 rings (SSSR count). The second-order valence-electron chi connectivity index (χ2n) is 7.47. The van der Waals surface area contributed by atoms with Crippen LogP contribution in [0.25, 0.3) is 0 Å². The van der Waals surface area contributed by atoms with Crippen LogP contribution in [0.4, 0.5) is 0 Å². The van der Waals surface area contributed by atoms with Crippen LogP contribution in [0, 0.1) is 12.8 Å². The Balaban J connectivity index is 1.86. The zero-order valence-electron chi connectivity index (χ0n) is 15.5. The first-order chi connectivity index (χ1) is 12.0. The monoisotopic (exact) mass is 339 g/mol. The normalized spacial score (nSPS) is 19.8. The van der Waals surface area contributed by atoms with Gasteiger partial charge in [-0.3, -0.25) is 4.90 Å². The highest BCUT2D eigenvalue weighted by atomic mass is 16.3. The maximum Gasteiger partial charge on any atom is 0.119 e. The maximum absolute atomic E-state index is 10.3. The molecular formula is C22H29NO2. The first-order valence-electron chi connectivity index (χ1n) is 9.31. The van der Waals surface area contributed by atoms with E-state index in [1.807, 2.05) is 0 Å². The largest absolute Gasteiger partial charge is 0.508 e. The second-order valence-corrected chi connectivity index (χ2v) is 7.47. The van der Waals surface area contributed by atoms with E-state index in [1.165, 1.54) is 11.1 Å². The number of hydrogen-bond acceptors (Lipinski definition) is 3. The predicted molar refractivity (Wildman–Crippen MR) is 102 cm³/mol. The van der Waals surface area contributed by atoms with Gasteiger partial charge in [-0.15, -0.1) is 0 Å². The van der Waals surface area contributed by atoms with Gasteiger partial charge < -0.3 is 10.2 Å². The molecule has 1 aliphatic rings. The number of aromatic hydroxyl groups is 2. The minimum Gasteiger partial charge on any atom is -0.508 e. The summed E-state index contributed by atoms with van der Waals surface area (Å²) >= 11 is 0. The summed E-state index contributed by atoms with van der Waals surface area (Å²) in [7, 11) is 0. The van der Waals surface area contributed by atoms with E-state index < -0.39 is 0 Å². The van der Waals surface area contributed by atoms with Crippen molar-refractivity contribution in [3.8, 4) is 11.5 Å². The highest BCUT2D eigenvalue weighted by Crippen LogP contribution is 2.38. The molecule has 0 aromatic heterocycles. The van der Waals surface area contributed by atoms with Crippen LogP contribution in [-0.4, -0.2) is 27.7 Å². The van der Waals surface area contributed by atoms with Crippen LogP contribution in [-0.2, 0) is 19.4 Å². The summed E-state index contributed by atoms with van der Waals surface area (Å²) in [4.78, 5) is 2.54. The lowest BCUT2D eigenvalue weighted by molar-refractivity contribution is 0.129. The molecular weight excluding hydrogens is 310 g/mol. The Kier molecular flexibility index (Phi) is 5.33. The van der Waals surface area contributed by atoms with Crippen molar-refractivity contribution < 1.29 is 10.2 Å². The van der Waals surface area contributed by atoms with Gasteiger partial charge in [0.05, 0.1) is 0 Å². The molecule has 0 bridgehead atoms. The molecule has 3 heteroatoms. The Bertz CT molecular complexity index is 724. The van der Waals surface area contributed by atoms with E-state index >= 15 is 0 Å². The molecule has 2 aromatic carbocycles. The lowest BCUT2D eigenvalue weighted by Gasteiger charge is -2.40. The van der Waals surface area contributed by atoms with E-state index in [9.17, 15) is 10.2 Å². The van der Waals surface area contributed by atoms with E-state index in [0.29, 0.717) is 23.5 Å². The van der Waals surface area contributed by atoms with E-state index in [-0.39, 0.29) is 0 Å². The van der Waals surface area contributed by atoms with Crippen LogP contribution in [0.1, 0.15) is 42.5 Å². The quantitative estimate of drug-likeness (QED) is 0.793. The number of aryl methyl sites for hydroxylation is 1. The van der Waals surface area contributed by atoms with Crippen molar-refractivity contribution >= 4 is 0 Å². The molecule has 3 nitrogen and oxygen atoms in total. The summed E-state index contributed by atoms with van der Waals surface area (Å²) in [6.45, 7) is 8.56. The van der Waals surface area contributed by atoms with Gasteiger partial charge >= 0.3 is 0 Å². The Morgan fingerprint density at radius 2 is 1.56 bits per heavy atom. The zero-order valence-corrected chi connectivity index (χ0v) is 15.5. The standard InChI is InChI=1S/C22H29NO2/c1-4-11-23(14-17-7-5-15(2)6-8-17)20-13-19-18(12-16(20)3)21(24)9-10-22(19)25/h5-10,16,20,24-25H,4,11-14H2,1-3H3. The smallest absolute Gasteiger partial charge is 0.119 e. The van der Waals surface area contributed by atoms with Crippen molar-refractivity contribution in [2.45, 2.75) is 52.6 Å². The minimum atomic E-state index is 0.316. The summed E-state index contributed by atoms with van der Waals surface area (Å²) in [5.74, 6) is 1.08. The molecule has 0 saturated heterocycles. The van der Waals surface area contributed by atoms with Crippen LogP contribution in [0.2, 0.25) is 0 Å². The van der Waals surface area contributed by atoms with Gasteiger partial charge in [0.2, 0.25) is 0 Å². The van der Waals surface area contributed by atoms with E-state index in [2.05, 4.69) is 49.9 Å². The zero-order chi connectivity index (χ0) is 18.0.